The van der Waals surface area contributed by atoms with Crippen molar-refractivity contribution in [3.8, 4) is 5.75 Å². The van der Waals surface area contributed by atoms with Gasteiger partial charge in [-0.25, -0.2) is 0 Å². The van der Waals surface area contributed by atoms with Gasteiger partial charge in [0.15, 0.2) is 0 Å². The third-order valence-corrected chi connectivity index (χ3v) is 4.71. The first kappa shape index (κ1) is 15.6. The molecular weight excluding hydrogens is 335 g/mol. The predicted molar refractivity (Wildman–Crippen MR) is 74.9 cm³/mol. The van der Waals surface area contributed by atoms with Crippen LogP contribution in [-0.2, 0) is 11.6 Å². The molecule has 2 N–H and O–H groups in total. The topological polar surface area (TPSA) is 35.2 Å². The molecule has 2 nitrogen and oxygen atoms in total. The monoisotopic (exact) mass is 351 g/mol. The average molecular weight is 352 g/mol. The van der Waals surface area contributed by atoms with Gasteiger partial charge in [0.1, 0.15) is 5.75 Å². The Morgan fingerprint density at radius 1 is 1.30 bits per heavy atom. The van der Waals surface area contributed by atoms with E-state index in [1.807, 2.05) is 0 Å². The molecule has 0 heterocycles. The summed E-state index contributed by atoms with van der Waals surface area (Å²) in [7, 11) is 1.24. The zero-order valence-corrected chi connectivity index (χ0v) is 12.8. The van der Waals surface area contributed by atoms with Crippen LogP contribution in [0.5, 0.6) is 5.75 Å². The van der Waals surface area contributed by atoms with Gasteiger partial charge in [-0.05, 0) is 46.5 Å². The van der Waals surface area contributed by atoms with E-state index in [2.05, 4.69) is 15.9 Å². The fourth-order valence-corrected chi connectivity index (χ4v) is 3.60. The van der Waals surface area contributed by atoms with Crippen molar-refractivity contribution in [2.24, 2.45) is 5.73 Å². The summed E-state index contributed by atoms with van der Waals surface area (Å²) in [5, 5.41) is 0. The van der Waals surface area contributed by atoms with E-state index in [0.717, 1.165) is 25.7 Å². The summed E-state index contributed by atoms with van der Waals surface area (Å²) in [5.41, 5.74) is 5.42. The number of ether oxygens (including phenoxy) is 1. The number of nitrogens with two attached hydrogens (primary N) is 1. The third-order valence-electron chi connectivity index (χ3n) is 4.12. The van der Waals surface area contributed by atoms with Gasteiger partial charge in [0.05, 0.1) is 17.1 Å². The van der Waals surface area contributed by atoms with Crippen LogP contribution >= 0.6 is 15.9 Å². The molecule has 0 amide bonds. The summed E-state index contributed by atoms with van der Waals surface area (Å²) >= 11 is 3.19. The number of rotatable bonds is 3. The largest absolute Gasteiger partial charge is 0.495 e. The Morgan fingerprint density at radius 3 is 2.35 bits per heavy atom. The second-order valence-corrected chi connectivity index (χ2v) is 6.08. The minimum absolute atomic E-state index is 0.175. The van der Waals surface area contributed by atoms with E-state index < -0.39 is 11.7 Å². The van der Waals surface area contributed by atoms with Crippen LogP contribution in [0.3, 0.4) is 0 Å². The molecule has 1 aromatic carbocycles. The Kier molecular flexibility index (Phi) is 4.35. The van der Waals surface area contributed by atoms with E-state index in [1.165, 1.54) is 13.2 Å². The van der Waals surface area contributed by atoms with Crippen LogP contribution in [0.15, 0.2) is 16.6 Å². The molecule has 1 fully saturated rings. The normalized spacial score (nSPS) is 18.3. The fraction of sp³-hybridized carbons (Fsp3) is 0.571. The highest BCUT2D eigenvalue weighted by Gasteiger charge is 2.40. The van der Waals surface area contributed by atoms with Gasteiger partial charge in [-0.1, -0.05) is 12.8 Å². The Morgan fingerprint density at radius 2 is 1.90 bits per heavy atom. The molecule has 112 valence electrons. The molecule has 1 aromatic rings. The Hall–Kier alpha value is -0.750. The maximum Gasteiger partial charge on any atom is 0.420 e. The molecule has 1 aliphatic carbocycles. The maximum absolute atomic E-state index is 13.2. The Bertz CT molecular complexity index is 496. The minimum atomic E-state index is -4.45. The van der Waals surface area contributed by atoms with Gasteiger partial charge >= 0.3 is 6.18 Å². The van der Waals surface area contributed by atoms with Crippen molar-refractivity contribution >= 4 is 15.9 Å². The molecule has 0 aromatic heterocycles. The Labute approximate surface area is 124 Å². The molecule has 1 aliphatic rings. The van der Waals surface area contributed by atoms with Crippen LogP contribution in [0.25, 0.3) is 0 Å². The molecule has 0 saturated heterocycles. The van der Waals surface area contributed by atoms with Crippen LogP contribution in [0.4, 0.5) is 13.2 Å². The van der Waals surface area contributed by atoms with E-state index in [0.29, 0.717) is 16.6 Å². The fourth-order valence-electron chi connectivity index (χ4n) is 2.98. The van der Waals surface area contributed by atoms with Crippen LogP contribution in [0.1, 0.15) is 36.8 Å². The molecule has 0 spiro atoms. The summed E-state index contributed by atoms with van der Waals surface area (Å²) in [4.78, 5) is 0. The third kappa shape index (κ3) is 2.68. The maximum atomic E-state index is 13.2. The van der Waals surface area contributed by atoms with E-state index >= 15 is 0 Å². The van der Waals surface area contributed by atoms with Crippen molar-refractivity contribution in [2.75, 3.05) is 13.7 Å². The van der Waals surface area contributed by atoms with Gasteiger partial charge in [0.25, 0.3) is 0 Å². The van der Waals surface area contributed by atoms with Crippen molar-refractivity contribution in [3.05, 3.63) is 27.7 Å². The summed E-state index contributed by atoms with van der Waals surface area (Å²) in [6.45, 7) is 0.364. The highest BCUT2D eigenvalue weighted by atomic mass is 79.9. The molecule has 6 heteroatoms. The smallest absolute Gasteiger partial charge is 0.420 e. The molecule has 2 rings (SSSR count). The highest BCUT2D eigenvalue weighted by molar-refractivity contribution is 9.10. The number of methoxy groups -OCH3 is 1. The molecule has 0 atom stereocenters. The summed E-state index contributed by atoms with van der Waals surface area (Å²) in [6, 6.07) is 2.91. The molecule has 0 bridgehead atoms. The van der Waals surface area contributed by atoms with Crippen molar-refractivity contribution < 1.29 is 17.9 Å². The van der Waals surface area contributed by atoms with E-state index in [9.17, 15) is 13.2 Å². The Balaban J connectivity index is 2.59. The van der Waals surface area contributed by atoms with Crippen molar-refractivity contribution in [2.45, 2.75) is 37.3 Å². The SMILES string of the molecule is COc1c(Br)cc(C2(CN)CCCC2)cc1C(F)(F)F. The molecule has 20 heavy (non-hydrogen) atoms. The second-order valence-electron chi connectivity index (χ2n) is 5.23. The quantitative estimate of drug-likeness (QED) is 0.883. The summed E-state index contributed by atoms with van der Waals surface area (Å²) < 4.78 is 44.7. The lowest BCUT2D eigenvalue weighted by Crippen LogP contribution is -2.32. The first-order valence-electron chi connectivity index (χ1n) is 6.49. The van der Waals surface area contributed by atoms with Gasteiger partial charge in [-0.2, -0.15) is 13.2 Å². The predicted octanol–water partition coefficient (Wildman–Crippen LogP) is 4.25. The molecule has 0 radical (unpaired) electrons. The summed E-state index contributed by atoms with van der Waals surface area (Å²) in [6.07, 6.45) is -0.776. The van der Waals surface area contributed by atoms with Gasteiger partial charge in [-0.15, -0.1) is 0 Å². The number of hydrogen-bond acceptors (Lipinski definition) is 2. The lowest BCUT2D eigenvalue weighted by molar-refractivity contribution is -0.138. The number of halogens is 4. The first-order valence-corrected chi connectivity index (χ1v) is 7.28. The first-order chi connectivity index (χ1) is 9.34. The number of hydrogen-bond donors (Lipinski definition) is 1. The highest BCUT2D eigenvalue weighted by Crippen LogP contribution is 2.47. The molecule has 0 unspecified atom stereocenters. The van der Waals surface area contributed by atoms with Gasteiger partial charge in [-0.3, -0.25) is 0 Å². The van der Waals surface area contributed by atoms with Gasteiger partial charge in [0.2, 0.25) is 0 Å². The lowest BCUT2D eigenvalue weighted by Gasteiger charge is -2.29. The van der Waals surface area contributed by atoms with E-state index in [-0.39, 0.29) is 11.2 Å². The van der Waals surface area contributed by atoms with Crippen molar-refractivity contribution in [3.63, 3.8) is 0 Å². The van der Waals surface area contributed by atoms with Gasteiger partial charge in [0, 0.05) is 12.0 Å². The average Bonchev–Trinajstić information content (AvgIpc) is 2.86. The standard InChI is InChI=1S/C14H17BrF3NO/c1-20-12-10(14(16,17)18)6-9(7-11(12)15)13(8-19)4-2-3-5-13/h6-7H,2-5,8,19H2,1H3. The zero-order valence-electron chi connectivity index (χ0n) is 11.2. The molecule has 1 saturated carbocycles. The van der Waals surface area contributed by atoms with E-state index in [4.69, 9.17) is 10.5 Å². The molecule has 0 aliphatic heterocycles. The van der Waals surface area contributed by atoms with Crippen molar-refractivity contribution in [1.82, 2.24) is 0 Å². The van der Waals surface area contributed by atoms with Gasteiger partial charge < -0.3 is 10.5 Å². The molecular formula is C14H17BrF3NO. The number of alkyl halides is 3. The van der Waals surface area contributed by atoms with Crippen LogP contribution in [-0.4, -0.2) is 13.7 Å². The van der Waals surface area contributed by atoms with E-state index in [1.54, 1.807) is 6.07 Å². The number of benzene rings is 1. The van der Waals surface area contributed by atoms with Crippen LogP contribution in [0.2, 0.25) is 0 Å². The van der Waals surface area contributed by atoms with Crippen LogP contribution in [0, 0.1) is 0 Å². The zero-order chi connectivity index (χ0) is 15.0. The lowest BCUT2D eigenvalue weighted by atomic mass is 9.78. The van der Waals surface area contributed by atoms with Crippen molar-refractivity contribution in [1.29, 1.82) is 0 Å². The van der Waals surface area contributed by atoms with Crippen LogP contribution < -0.4 is 10.5 Å². The second kappa shape index (κ2) is 5.56. The minimum Gasteiger partial charge on any atom is -0.495 e. The summed E-state index contributed by atoms with van der Waals surface area (Å²) in [5.74, 6) is -0.175.